The van der Waals surface area contributed by atoms with Gasteiger partial charge in [-0.05, 0) is 47.8 Å². The quantitative estimate of drug-likeness (QED) is 0.112. The summed E-state index contributed by atoms with van der Waals surface area (Å²) in [6, 6.07) is 18.4. The molecule has 0 atom stereocenters. The second kappa shape index (κ2) is 8.61. The van der Waals surface area contributed by atoms with E-state index in [1.54, 1.807) is 47.7 Å². The highest BCUT2D eigenvalue weighted by atomic mass is 32.1. The predicted molar refractivity (Wildman–Crippen MR) is 129 cm³/mol. The van der Waals surface area contributed by atoms with Crippen LogP contribution in [0.15, 0.2) is 84.8 Å². The lowest BCUT2D eigenvalue weighted by atomic mass is 10.0. The van der Waals surface area contributed by atoms with Gasteiger partial charge in [-0.3, -0.25) is 4.79 Å². The van der Waals surface area contributed by atoms with Crippen molar-refractivity contribution < 1.29 is 23.5 Å². The van der Waals surface area contributed by atoms with Gasteiger partial charge in [0.25, 0.3) is 0 Å². The largest absolute Gasteiger partial charge is 0.451 e. The number of halogens is 1. The fourth-order valence-electron chi connectivity index (χ4n) is 3.49. The average molecular weight is 475 g/mol. The van der Waals surface area contributed by atoms with E-state index in [2.05, 4.69) is 6.58 Å². The van der Waals surface area contributed by atoms with Crippen molar-refractivity contribution in [2.75, 3.05) is 0 Å². The lowest BCUT2D eigenvalue weighted by Crippen LogP contribution is -2.05. The molecule has 0 spiro atoms. The van der Waals surface area contributed by atoms with E-state index in [0.29, 0.717) is 20.5 Å². The van der Waals surface area contributed by atoms with Crippen molar-refractivity contribution in [1.29, 1.82) is 0 Å². The molecule has 0 N–H and O–H groups in total. The summed E-state index contributed by atoms with van der Waals surface area (Å²) >= 11 is 2.71. The first kappa shape index (κ1) is 21.1. The number of fused-ring (bicyclic) bond motifs is 2. The number of thiophene rings is 2. The Balaban J connectivity index is 1.66. The van der Waals surface area contributed by atoms with Gasteiger partial charge in [0.1, 0.15) is 10.7 Å². The lowest BCUT2D eigenvalue weighted by molar-refractivity contribution is -0.129. The van der Waals surface area contributed by atoms with E-state index in [4.69, 9.17) is 9.47 Å². The van der Waals surface area contributed by atoms with Gasteiger partial charge >= 0.3 is 5.97 Å². The molecule has 5 rings (SSSR count). The van der Waals surface area contributed by atoms with Crippen LogP contribution >= 0.6 is 22.7 Å². The van der Waals surface area contributed by atoms with Crippen LogP contribution in [0.4, 0.5) is 4.39 Å². The van der Waals surface area contributed by atoms with Crippen LogP contribution in [0.1, 0.15) is 15.2 Å². The minimum atomic E-state index is -0.635. The molecular weight excluding hydrogens is 459 g/mol. The Hall–Kier alpha value is -3.81. The molecule has 0 bridgehead atoms. The van der Waals surface area contributed by atoms with Crippen LogP contribution in [0, 0.1) is 5.82 Å². The van der Waals surface area contributed by atoms with Gasteiger partial charge in [-0.25, -0.2) is 9.18 Å². The number of para-hydroxylation sites is 2. The standard InChI is InChI=1S/C26H15FO4S2/c1-2-23(28)30-19-7-3-4-8-20(19)31-25-18-11-10-15(27)14-22(18)33-26(25)24(29)17-6-5-9-21-16(17)12-13-32-21/h2-14H,1H2. The number of hydrogen-bond acceptors (Lipinski definition) is 6. The van der Waals surface area contributed by atoms with Gasteiger partial charge in [-0.2, -0.15) is 0 Å². The number of hydrogen-bond donors (Lipinski definition) is 0. The topological polar surface area (TPSA) is 52.6 Å². The summed E-state index contributed by atoms with van der Waals surface area (Å²) in [5.41, 5.74) is 0.539. The molecule has 0 saturated heterocycles. The summed E-state index contributed by atoms with van der Waals surface area (Å²) in [7, 11) is 0. The normalized spacial score (nSPS) is 10.9. The Kier molecular flexibility index (Phi) is 5.50. The Morgan fingerprint density at radius 1 is 0.909 bits per heavy atom. The average Bonchev–Trinajstić information content (AvgIpc) is 3.44. The van der Waals surface area contributed by atoms with Crippen LogP contribution < -0.4 is 9.47 Å². The molecule has 7 heteroatoms. The number of carbonyl (C=O) groups excluding carboxylic acids is 2. The highest BCUT2D eigenvalue weighted by Gasteiger charge is 2.24. The van der Waals surface area contributed by atoms with E-state index in [1.807, 2.05) is 23.6 Å². The fourth-order valence-corrected chi connectivity index (χ4v) is 5.41. The molecule has 0 saturated carbocycles. The molecule has 0 unspecified atom stereocenters. The van der Waals surface area contributed by atoms with E-state index in [1.165, 1.54) is 12.1 Å². The predicted octanol–water partition coefficient (Wildman–Crippen LogP) is 7.37. The van der Waals surface area contributed by atoms with Gasteiger partial charge in [-0.15, -0.1) is 22.7 Å². The molecule has 0 amide bonds. The van der Waals surface area contributed by atoms with Crippen LogP contribution in [0.5, 0.6) is 17.2 Å². The highest BCUT2D eigenvalue weighted by Crippen LogP contribution is 2.44. The van der Waals surface area contributed by atoms with Crippen molar-refractivity contribution in [3.05, 3.63) is 101 Å². The third kappa shape index (κ3) is 3.92. The van der Waals surface area contributed by atoms with Gasteiger partial charge in [0.15, 0.2) is 17.2 Å². The number of rotatable bonds is 6. The van der Waals surface area contributed by atoms with Gasteiger partial charge in [0.05, 0.1) is 0 Å². The number of ketones is 1. The van der Waals surface area contributed by atoms with Crippen LogP contribution in [-0.2, 0) is 4.79 Å². The second-order valence-electron chi connectivity index (χ2n) is 7.04. The Morgan fingerprint density at radius 3 is 2.55 bits per heavy atom. The van der Waals surface area contributed by atoms with Crippen LogP contribution in [0.3, 0.4) is 0 Å². The Labute approximate surface area is 196 Å². The zero-order valence-electron chi connectivity index (χ0n) is 17.0. The van der Waals surface area contributed by atoms with Gasteiger partial charge < -0.3 is 9.47 Å². The minimum Gasteiger partial charge on any atom is -0.451 e. The molecule has 33 heavy (non-hydrogen) atoms. The van der Waals surface area contributed by atoms with Crippen molar-refractivity contribution >= 4 is 54.6 Å². The molecule has 5 aromatic rings. The molecule has 0 fully saturated rings. The third-order valence-corrected chi connectivity index (χ3v) is 7.01. The summed E-state index contributed by atoms with van der Waals surface area (Å²) in [6.07, 6.45) is 1.05. The zero-order chi connectivity index (χ0) is 22.9. The summed E-state index contributed by atoms with van der Waals surface area (Å²) in [5.74, 6) is -0.550. The molecule has 4 nitrogen and oxygen atoms in total. The van der Waals surface area contributed by atoms with Crippen molar-refractivity contribution in [3.63, 3.8) is 0 Å². The van der Waals surface area contributed by atoms with Crippen molar-refractivity contribution in [2.24, 2.45) is 0 Å². The summed E-state index contributed by atoms with van der Waals surface area (Å²) in [4.78, 5) is 25.8. The first-order valence-corrected chi connectivity index (χ1v) is 11.6. The zero-order valence-corrected chi connectivity index (χ0v) is 18.7. The van der Waals surface area contributed by atoms with Gasteiger partial charge in [0, 0.05) is 31.8 Å². The maximum atomic E-state index is 14.0. The van der Waals surface area contributed by atoms with E-state index in [-0.39, 0.29) is 23.0 Å². The van der Waals surface area contributed by atoms with E-state index in [0.717, 1.165) is 27.5 Å². The first-order valence-electron chi connectivity index (χ1n) is 9.89. The van der Waals surface area contributed by atoms with Crippen LogP contribution in [-0.4, -0.2) is 11.8 Å². The summed E-state index contributed by atoms with van der Waals surface area (Å²) in [5, 5.41) is 3.37. The van der Waals surface area contributed by atoms with E-state index >= 15 is 0 Å². The van der Waals surface area contributed by atoms with Crippen LogP contribution in [0.2, 0.25) is 0 Å². The fraction of sp³-hybridized carbons (Fsp3) is 0. The van der Waals surface area contributed by atoms with Crippen molar-refractivity contribution in [3.8, 4) is 17.2 Å². The summed E-state index contributed by atoms with van der Waals surface area (Å²) < 4.78 is 27.0. The molecule has 162 valence electrons. The monoisotopic (exact) mass is 474 g/mol. The molecule has 0 aliphatic heterocycles. The van der Waals surface area contributed by atoms with E-state index in [9.17, 15) is 14.0 Å². The second-order valence-corrected chi connectivity index (χ2v) is 9.04. The maximum absolute atomic E-state index is 14.0. The molecular formula is C26H15FO4S2. The molecule has 0 aliphatic rings. The maximum Gasteiger partial charge on any atom is 0.335 e. The number of benzene rings is 3. The third-order valence-electron chi connectivity index (χ3n) is 4.99. The minimum absolute atomic E-state index is 0.183. The van der Waals surface area contributed by atoms with Crippen molar-refractivity contribution in [2.45, 2.75) is 0 Å². The van der Waals surface area contributed by atoms with Gasteiger partial charge in [0.2, 0.25) is 5.78 Å². The van der Waals surface area contributed by atoms with E-state index < -0.39 is 11.8 Å². The molecule has 2 aromatic heterocycles. The van der Waals surface area contributed by atoms with Crippen molar-refractivity contribution in [1.82, 2.24) is 0 Å². The lowest BCUT2D eigenvalue weighted by Gasteiger charge is -2.12. The number of esters is 1. The number of carbonyl (C=O) groups is 2. The van der Waals surface area contributed by atoms with Crippen LogP contribution in [0.25, 0.3) is 20.2 Å². The number of ether oxygens (including phenoxy) is 2. The molecule has 3 aromatic carbocycles. The highest BCUT2D eigenvalue weighted by molar-refractivity contribution is 7.21. The Bertz CT molecular complexity index is 1550. The smallest absolute Gasteiger partial charge is 0.335 e. The molecule has 0 radical (unpaired) electrons. The van der Waals surface area contributed by atoms with Gasteiger partial charge in [-0.1, -0.05) is 30.8 Å². The SMILES string of the molecule is C=CC(=O)Oc1ccccc1Oc1c(C(=O)c2cccc3sccc23)sc2cc(F)ccc12. The Morgan fingerprint density at radius 2 is 1.73 bits per heavy atom. The molecule has 2 heterocycles. The molecule has 0 aliphatic carbocycles. The summed E-state index contributed by atoms with van der Waals surface area (Å²) in [6.45, 7) is 3.41. The first-order chi connectivity index (χ1) is 16.0.